The van der Waals surface area contributed by atoms with Crippen LogP contribution in [0.25, 0.3) is 0 Å². The number of rotatable bonds is 3. The van der Waals surface area contributed by atoms with Crippen LogP contribution in [0.4, 0.5) is 8.78 Å². The van der Waals surface area contributed by atoms with E-state index in [4.69, 9.17) is 4.74 Å². The van der Waals surface area contributed by atoms with Gasteiger partial charge in [0.1, 0.15) is 17.2 Å². The maximum absolute atomic E-state index is 14.0. The highest BCUT2D eigenvalue weighted by molar-refractivity contribution is 9.09. The van der Waals surface area contributed by atoms with Crippen molar-refractivity contribution in [3.8, 4) is 0 Å². The molecule has 0 aromatic heterocycles. The predicted octanol–water partition coefficient (Wildman–Crippen LogP) is 2.95. The molecule has 1 amide bonds. The number of halogens is 3. The van der Waals surface area contributed by atoms with Gasteiger partial charge in [0.25, 0.3) is 5.91 Å². The zero-order chi connectivity index (χ0) is 14.8. The van der Waals surface area contributed by atoms with Crippen LogP contribution in [0, 0.1) is 18.6 Å². The maximum Gasteiger partial charge on any atom is 0.257 e. The smallest absolute Gasteiger partial charge is 0.257 e. The summed E-state index contributed by atoms with van der Waals surface area (Å²) in [6.07, 6.45) is 1.22. The minimum absolute atomic E-state index is 0.247. The summed E-state index contributed by atoms with van der Waals surface area (Å²) in [5.41, 5.74) is -0.786. The summed E-state index contributed by atoms with van der Waals surface area (Å²) in [4.78, 5) is 12.2. The molecule has 1 saturated heterocycles. The molecule has 20 heavy (non-hydrogen) atoms. The molecule has 1 N–H and O–H groups in total. The van der Waals surface area contributed by atoms with Gasteiger partial charge in [-0.1, -0.05) is 22.0 Å². The van der Waals surface area contributed by atoms with Gasteiger partial charge in [0.15, 0.2) is 0 Å². The lowest BCUT2D eigenvalue weighted by atomic mass is 9.92. The number of carbonyl (C=O) groups excluding carboxylic acids is 1. The number of carbonyl (C=O) groups is 1. The Morgan fingerprint density at radius 2 is 2.05 bits per heavy atom. The third kappa shape index (κ3) is 3.01. The summed E-state index contributed by atoms with van der Waals surface area (Å²) in [6.45, 7) is 2.54. The van der Waals surface area contributed by atoms with Crippen LogP contribution < -0.4 is 5.32 Å². The number of hydrogen-bond acceptors (Lipinski definition) is 2. The Hall–Kier alpha value is -1.01. The van der Waals surface area contributed by atoms with E-state index in [9.17, 15) is 13.6 Å². The van der Waals surface area contributed by atoms with Gasteiger partial charge in [0.2, 0.25) is 0 Å². The summed E-state index contributed by atoms with van der Waals surface area (Å²) >= 11 is 3.36. The molecule has 1 aliphatic heterocycles. The van der Waals surface area contributed by atoms with Crippen LogP contribution in [0.3, 0.4) is 0 Å². The normalized spacial score (nSPS) is 17.8. The molecule has 1 heterocycles. The Kier molecular flexibility index (Phi) is 4.75. The third-order valence-electron chi connectivity index (χ3n) is 3.60. The van der Waals surface area contributed by atoms with Gasteiger partial charge in [-0.05, 0) is 31.4 Å². The second-order valence-electron chi connectivity index (χ2n) is 5.03. The molecular formula is C14H16BrF2NO2. The van der Waals surface area contributed by atoms with E-state index in [0.29, 0.717) is 31.4 Å². The van der Waals surface area contributed by atoms with Gasteiger partial charge in [0.05, 0.1) is 5.54 Å². The van der Waals surface area contributed by atoms with Gasteiger partial charge in [-0.25, -0.2) is 8.78 Å². The molecule has 3 nitrogen and oxygen atoms in total. The molecule has 6 heteroatoms. The average molecular weight is 348 g/mol. The number of benzene rings is 1. The van der Waals surface area contributed by atoms with Crippen LogP contribution >= 0.6 is 15.9 Å². The van der Waals surface area contributed by atoms with Crippen molar-refractivity contribution in [2.24, 2.45) is 0 Å². The van der Waals surface area contributed by atoms with Crippen molar-refractivity contribution < 1.29 is 18.3 Å². The van der Waals surface area contributed by atoms with Crippen LogP contribution in [-0.4, -0.2) is 30.0 Å². The fraction of sp³-hybridized carbons (Fsp3) is 0.500. The van der Waals surface area contributed by atoms with E-state index in [1.807, 2.05) is 0 Å². The van der Waals surface area contributed by atoms with Gasteiger partial charge in [0, 0.05) is 18.5 Å². The van der Waals surface area contributed by atoms with Gasteiger partial charge >= 0.3 is 0 Å². The topological polar surface area (TPSA) is 38.3 Å². The first kappa shape index (κ1) is 15.4. The predicted molar refractivity (Wildman–Crippen MR) is 75.1 cm³/mol. The summed E-state index contributed by atoms with van der Waals surface area (Å²) in [5.74, 6) is -2.37. The zero-order valence-electron chi connectivity index (χ0n) is 11.1. The molecule has 1 aliphatic rings. The fourth-order valence-electron chi connectivity index (χ4n) is 2.22. The summed E-state index contributed by atoms with van der Waals surface area (Å²) in [7, 11) is 0. The zero-order valence-corrected chi connectivity index (χ0v) is 12.7. The largest absolute Gasteiger partial charge is 0.381 e. The Balaban J connectivity index is 2.26. The molecule has 1 aromatic carbocycles. The summed E-state index contributed by atoms with van der Waals surface area (Å²) in [5, 5.41) is 3.28. The van der Waals surface area contributed by atoms with Crippen molar-refractivity contribution in [1.29, 1.82) is 0 Å². The van der Waals surface area contributed by atoms with E-state index in [1.165, 1.54) is 13.0 Å². The highest BCUT2D eigenvalue weighted by Crippen LogP contribution is 2.25. The van der Waals surface area contributed by atoms with Crippen molar-refractivity contribution in [2.75, 3.05) is 18.5 Å². The van der Waals surface area contributed by atoms with Gasteiger partial charge in [-0.15, -0.1) is 0 Å². The minimum atomic E-state index is -0.845. The number of aryl methyl sites for hydroxylation is 1. The highest BCUT2D eigenvalue weighted by atomic mass is 79.9. The first-order chi connectivity index (χ1) is 9.49. The van der Waals surface area contributed by atoms with Crippen molar-refractivity contribution >= 4 is 21.8 Å². The standard InChI is InChI=1S/C14H16BrF2NO2/c1-9-2-3-10(16)11(12(9)17)13(19)18-14(8-15)4-6-20-7-5-14/h2-3H,4-8H2,1H3,(H,18,19). The summed E-state index contributed by atoms with van der Waals surface area (Å²) < 4.78 is 32.9. The van der Waals surface area contributed by atoms with Gasteiger partial charge in [-0.3, -0.25) is 4.79 Å². The number of ether oxygens (including phenoxy) is 1. The van der Waals surface area contributed by atoms with Crippen molar-refractivity contribution in [3.63, 3.8) is 0 Å². The van der Waals surface area contributed by atoms with Crippen LogP contribution in [0.5, 0.6) is 0 Å². The number of nitrogens with one attached hydrogen (secondary N) is 1. The molecule has 0 bridgehead atoms. The van der Waals surface area contributed by atoms with E-state index >= 15 is 0 Å². The second kappa shape index (κ2) is 6.18. The van der Waals surface area contributed by atoms with Crippen LogP contribution in [0.15, 0.2) is 12.1 Å². The van der Waals surface area contributed by atoms with E-state index < -0.39 is 28.6 Å². The lowest BCUT2D eigenvalue weighted by molar-refractivity contribution is 0.0439. The first-order valence-electron chi connectivity index (χ1n) is 6.40. The molecule has 110 valence electrons. The monoisotopic (exact) mass is 347 g/mol. The lowest BCUT2D eigenvalue weighted by Gasteiger charge is -2.36. The van der Waals surface area contributed by atoms with E-state index in [1.54, 1.807) is 0 Å². The van der Waals surface area contributed by atoms with Crippen LogP contribution in [0.1, 0.15) is 28.8 Å². The molecule has 0 unspecified atom stereocenters. The Bertz CT molecular complexity index is 516. The van der Waals surface area contributed by atoms with Gasteiger partial charge < -0.3 is 10.1 Å². The average Bonchev–Trinajstić information content (AvgIpc) is 2.44. The number of alkyl halides is 1. The Labute approximate surface area is 124 Å². The Morgan fingerprint density at radius 1 is 1.40 bits per heavy atom. The van der Waals surface area contributed by atoms with E-state index in [0.717, 1.165) is 6.07 Å². The Morgan fingerprint density at radius 3 is 2.65 bits per heavy atom. The molecule has 0 atom stereocenters. The molecule has 0 radical (unpaired) electrons. The van der Waals surface area contributed by atoms with Gasteiger partial charge in [-0.2, -0.15) is 0 Å². The second-order valence-corrected chi connectivity index (χ2v) is 5.59. The molecule has 0 spiro atoms. The summed E-state index contributed by atoms with van der Waals surface area (Å²) in [6, 6.07) is 2.42. The number of hydrogen-bond donors (Lipinski definition) is 1. The first-order valence-corrected chi connectivity index (χ1v) is 7.52. The van der Waals surface area contributed by atoms with Crippen LogP contribution in [-0.2, 0) is 4.74 Å². The maximum atomic E-state index is 14.0. The quantitative estimate of drug-likeness (QED) is 0.853. The molecule has 1 aromatic rings. The highest BCUT2D eigenvalue weighted by Gasteiger charge is 2.34. The van der Waals surface area contributed by atoms with Crippen molar-refractivity contribution in [2.45, 2.75) is 25.3 Å². The van der Waals surface area contributed by atoms with Crippen molar-refractivity contribution in [3.05, 3.63) is 34.9 Å². The fourth-order valence-corrected chi connectivity index (χ4v) is 2.92. The molecule has 1 fully saturated rings. The SMILES string of the molecule is Cc1ccc(F)c(C(=O)NC2(CBr)CCOCC2)c1F. The van der Waals surface area contributed by atoms with Crippen LogP contribution in [0.2, 0.25) is 0 Å². The lowest BCUT2D eigenvalue weighted by Crippen LogP contribution is -2.53. The minimum Gasteiger partial charge on any atom is -0.381 e. The van der Waals surface area contributed by atoms with E-state index in [2.05, 4.69) is 21.2 Å². The molecule has 0 saturated carbocycles. The van der Waals surface area contributed by atoms with E-state index in [-0.39, 0.29) is 5.56 Å². The molecule has 2 rings (SSSR count). The van der Waals surface area contributed by atoms with Crippen molar-refractivity contribution in [1.82, 2.24) is 5.32 Å². The molecular weight excluding hydrogens is 332 g/mol. The molecule has 0 aliphatic carbocycles. The number of amides is 1. The third-order valence-corrected chi connectivity index (χ3v) is 4.67.